The van der Waals surface area contributed by atoms with Crippen molar-refractivity contribution < 1.29 is 24.3 Å². The number of aliphatic hydroxyl groups is 2. The van der Waals surface area contributed by atoms with Gasteiger partial charge >= 0.3 is 11.8 Å². The van der Waals surface area contributed by atoms with Gasteiger partial charge in [0, 0.05) is 19.8 Å². The van der Waals surface area contributed by atoms with Crippen LogP contribution in [0.3, 0.4) is 0 Å². The predicted octanol–water partition coefficient (Wildman–Crippen LogP) is -1.43. The number of anilines is 1. The zero-order valence-corrected chi connectivity index (χ0v) is 18.7. The molecule has 5 rings (SSSR count). The highest BCUT2D eigenvalue weighted by Crippen LogP contribution is 2.36. The normalized spacial score (nSPS) is 24.1. The summed E-state index contributed by atoms with van der Waals surface area (Å²) in [6, 6.07) is 3.50. The third-order valence-corrected chi connectivity index (χ3v) is 5.40. The van der Waals surface area contributed by atoms with Gasteiger partial charge in [-0.2, -0.15) is 14.8 Å². The van der Waals surface area contributed by atoms with Gasteiger partial charge in [0.05, 0.1) is 12.4 Å². The molecule has 180 valence electrons. The van der Waals surface area contributed by atoms with Crippen molar-refractivity contribution in [1.29, 1.82) is 0 Å². The molecule has 2 aliphatic rings. The number of aliphatic hydroxyl groups excluding tert-OH is 2. The number of carbonyl (C=O) groups excluding carboxylic acids is 1. The van der Waals surface area contributed by atoms with E-state index in [-0.39, 0.29) is 5.95 Å². The molecule has 15 heteroatoms. The van der Waals surface area contributed by atoms with E-state index in [1.807, 2.05) is 6.92 Å². The molecule has 2 aliphatic heterocycles. The molecule has 1 fully saturated rings. The predicted molar refractivity (Wildman–Crippen MR) is 121 cm³/mol. The largest absolute Gasteiger partial charge is 0.387 e. The molecule has 1 amide bonds. The standard InChI is InChI=1S/C20H21N11O4/c1-3-22-17-13-18(26-20(25-17)31-7-11(28-29-31)10-5-4-6-24-27-10)30(9-23-13)8-12-14(32)15(33)16(35-12)19(34)21-2/h4-9,12,14-16,32-33H,3H2,1-2H3,(H-,21,22,25,26,34)/p+1/t12?,14-,15-,16-/m0/s1. The van der Waals surface area contributed by atoms with E-state index in [4.69, 9.17) is 4.74 Å². The summed E-state index contributed by atoms with van der Waals surface area (Å²) in [6.45, 7) is 2.50. The van der Waals surface area contributed by atoms with E-state index < -0.39 is 30.3 Å². The maximum absolute atomic E-state index is 12.0. The first-order chi connectivity index (χ1) is 17.0. The lowest BCUT2D eigenvalue weighted by atomic mass is 10.1. The van der Waals surface area contributed by atoms with E-state index in [9.17, 15) is 15.0 Å². The topological polar surface area (TPSA) is 188 Å². The lowest BCUT2D eigenvalue weighted by Crippen LogP contribution is -2.41. The van der Waals surface area contributed by atoms with Gasteiger partial charge in [-0.1, -0.05) is 15.2 Å². The van der Waals surface area contributed by atoms with Crippen LogP contribution in [-0.4, -0.2) is 106 Å². The van der Waals surface area contributed by atoms with Crippen molar-refractivity contribution in [2.24, 2.45) is 4.99 Å². The van der Waals surface area contributed by atoms with Crippen LogP contribution in [0.25, 0.3) is 17.3 Å². The van der Waals surface area contributed by atoms with Gasteiger partial charge in [-0.05, 0) is 19.1 Å². The Balaban J connectivity index is 1.50. The molecule has 3 aromatic heterocycles. The average molecular weight is 480 g/mol. The van der Waals surface area contributed by atoms with Gasteiger partial charge in [-0.25, -0.2) is 4.58 Å². The number of likely N-dealkylation sites (N-methyl/N-ethyl adjacent to an activating group) is 1. The van der Waals surface area contributed by atoms with Crippen LogP contribution in [0, 0.1) is 0 Å². The van der Waals surface area contributed by atoms with Crippen LogP contribution >= 0.6 is 0 Å². The van der Waals surface area contributed by atoms with Gasteiger partial charge < -0.3 is 25.6 Å². The minimum absolute atomic E-state index is 0.211. The Morgan fingerprint density at radius 1 is 1.26 bits per heavy atom. The molecule has 0 aliphatic carbocycles. The number of nitrogens with zero attached hydrogens (tertiary/aromatic N) is 9. The highest BCUT2D eigenvalue weighted by atomic mass is 16.5. The molecule has 0 aromatic carbocycles. The Kier molecular flexibility index (Phi) is 5.94. The average Bonchev–Trinajstić information content (AvgIpc) is 3.60. The van der Waals surface area contributed by atoms with Crippen LogP contribution in [0.2, 0.25) is 0 Å². The summed E-state index contributed by atoms with van der Waals surface area (Å²) >= 11 is 0. The van der Waals surface area contributed by atoms with Crippen molar-refractivity contribution >= 4 is 35.8 Å². The first-order valence-electron chi connectivity index (χ1n) is 10.8. The molecule has 1 saturated heterocycles. The lowest BCUT2D eigenvalue weighted by Gasteiger charge is -2.11. The fourth-order valence-corrected chi connectivity index (χ4v) is 3.67. The Labute approximate surface area is 198 Å². The van der Waals surface area contributed by atoms with Crippen molar-refractivity contribution in [2.45, 2.75) is 31.3 Å². The second-order valence-electron chi connectivity index (χ2n) is 7.65. The molecule has 0 radical (unpaired) electrons. The molecule has 5 heterocycles. The number of hydrogen-bond acceptors (Lipinski definition) is 12. The highest BCUT2D eigenvalue weighted by molar-refractivity contribution is 5.84. The summed E-state index contributed by atoms with van der Waals surface area (Å²) in [6.07, 6.45) is 1.25. The molecule has 0 bridgehead atoms. The summed E-state index contributed by atoms with van der Waals surface area (Å²) < 4.78 is 8.52. The number of carbonyl (C=O) groups is 1. The molecule has 0 spiro atoms. The van der Waals surface area contributed by atoms with Crippen molar-refractivity contribution in [1.82, 2.24) is 40.5 Å². The number of amides is 1. The van der Waals surface area contributed by atoms with Gasteiger partial charge in [-0.3, -0.25) is 4.79 Å². The maximum Gasteiger partial charge on any atom is 0.331 e. The number of aromatic nitrogens is 7. The zero-order chi connectivity index (χ0) is 24.5. The summed E-state index contributed by atoms with van der Waals surface area (Å²) in [4.78, 5) is 25.4. The molecular weight excluding hydrogens is 458 g/mol. The summed E-state index contributed by atoms with van der Waals surface area (Å²) in [5.74, 6) is 0.526. The maximum atomic E-state index is 12.0. The molecule has 1 unspecified atom stereocenters. The minimum Gasteiger partial charge on any atom is -0.387 e. The van der Waals surface area contributed by atoms with Gasteiger partial charge in [0.2, 0.25) is 6.34 Å². The third kappa shape index (κ3) is 4.11. The van der Waals surface area contributed by atoms with E-state index in [0.29, 0.717) is 35.3 Å². The number of rotatable bonds is 6. The number of aliphatic imine (C=N–C) groups is 1. The van der Waals surface area contributed by atoms with E-state index in [0.717, 1.165) is 0 Å². The minimum atomic E-state index is -1.39. The second kappa shape index (κ2) is 9.21. The van der Waals surface area contributed by atoms with E-state index in [1.54, 1.807) is 24.5 Å². The van der Waals surface area contributed by atoms with Crippen LogP contribution in [0.5, 0.6) is 0 Å². The Bertz CT molecular complexity index is 1310. The molecule has 3 aromatic rings. The number of fused-ring (bicyclic) bond motifs is 1. The van der Waals surface area contributed by atoms with E-state index >= 15 is 0 Å². The monoisotopic (exact) mass is 480 g/mol. The summed E-state index contributed by atoms with van der Waals surface area (Å²) in [5.41, 5.74) is 1.50. The Morgan fingerprint density at radius 2 is 2.11 bits per heavy atom. The van der Waals surface area contributed by atoms with E-state index in [1.165, 1.54) is 28.9 Å². The SMILES string of the molecule is CCNc1nc(-n2cc(-c3cccnn3)nn2)nc2c1N=C[N+]2=CC1O[C@H](C(=O)NC)[C@@H](O)[C@H]1O. The van der Waals surface area contributed by atoms with Gasteiger partial charge in [0.15, 0.2) is 11.9 Å². The zero-order valence-electron chi connectivity index (χ0n) is 18.7. The summed E-state index contributed by atoms with van der Waals surface area (Å²) in [5, 5.41) is 42.3. The van der Waals surface area contributed by atoms with Crippen LogP contribution in [0.15, 0.2) is 29.5 Å². The number of hydrogen-bond donors (Lipinski definition) is 4. The lowest BCUT2D eigenvalue weighted by molar-refractivity contribution is -0.294. The van der Waals surface area contributed by atoms with Crippen LogP contribution < -0.4 is 10.6 Å². The first-order valence-corrected chi connectivity index (χ1v) is 10.8. The van der Waals surface area contributed by atoms with Crippen molar-refractivity contribution in [2.75, 3.05) is 18.9 Å². The van der Waals surface area contributed by atoms with Gasteiger partial charge in [-0.15, -0.1) is 10.2 Å². The number of nitrogens with one attached hydrogen (secondary N) is 2. The third-order valence-electron chi connectivity index (χ3n) is 5.40. The fraction of sp³-hybridized carbons (Fsp3) is 0.350. The fourth-order valence-electron chi connectivity index (χ4n) is 3.67. The smallest absolute Gasteiger partial charge is 0.331 e. The first kappa shape index (κ1) is 22.6. The molecule has 4 N–H and O–H groups in total. The molecule has 35 heavy (non-hydrogen) atoms. The van der Waals surface area contributed by atoms with Crippen LogP contribution in [0.4, 0.5) is 17.3 Å². The summed E-state index contributed by atoms with van der Waals surface area (Å²) in [7, 11) is 1.42. The second-order valence-corrected chi connectivity index (χ2v) is 7.65. The van der Waals surface area contributed by atoms with Crippen LogP contribution in [0.1, 0.15) is 6.92 Å². The van der Waals surface area contributed by atoms with E-state index in [2.05, 4.69) is 46.1 Å². The molecule has 0 saturated carbocycles. The Hall–Kier alpha value is -4.21. The highest BCUT2D eigenvalue weighted by Gasteiger charge is 2.46. The van der Waals surface area contributed by atoms with Crippen molar-refractivity contribution in [3.05, 3.63) is 24.5 Å². The quantitative estimate of drug-likeness (QED) is 0.303. The molecule has 4 atom stereocenters. The van der Waals surface area contributed by atoms with Gasteiger partial charge in [0.1, 0.15) is 29.7 Å². The van der Waals surface area contributed by atoms with Crippen LogP contribution in [-0.2, 0) is 9.53 Å². The van der Waals surface area contributed by atoms with Gasteiger partial charge in [0.25, 0.3) is 11.6 Å². The van der Waals surface area contributed by atoms with Crippen molar-refractivity contribution in [3.63, 3.8) is 0 Å². The van der Waals surface area contributed by atoms with Crippen molar-refractivity contribution in [3.8, 4) is 17.3 Å². The Morgan fingerprint density at radius 3 is 2.86 bits per heavy atom. The number of ether oxygens (including phenoxy) is 1. The molecule has 15 nitrogen and oxygen atoms in total. The molecular formula is C20H22N11O4+.